The van der Waals surface area contributed by atoms with Crippen LogP contribution in [0.2, 0.25) is 0 Å². The second kappa shape index (κ2) is 5.39. The van der Waals surface area contributed by atoms with Crippen LogP contribution in [0.4, 0.5) is 8.78 Å². The van der Waals surface area contributed by atoms with E-state index >= 15 is 0 Å². The van der Waals surface area contributed by atoms with Crippen molar-refractivity contribution in [3.63, 3.8) is 0 Å². The summed E-state index contributed by atoms with van der Waals surface area (Å²) in [5.74, 6) is -2.00. The first-order valence-corrected chi connectivity index (χ1v) is 4.26. The maximum atomic E-state index is 12.8. The molecule has 3 nitrogen and oxygen atoms in total. The van der Waals surface area contributed by atoms with Gasteiger partial charge in [0.2, 0.25) is 0 Å². The van der Waals surface area contributed by atoms with Gasteiger partial charge in [0.1, 0.15) is 0 Å². The summed E-state index contributed by atoms with van der Waals surface area (Å²) >= 11 is 0. The first-order chi connectivity index (χ1) is 7.19. The number of hydrogen-bond acceptors (Lipinski definition) is 3. The Labute approximate surface area is 85.5 Å². The molecule has 0 aliphatic heterocycles. The molecule has 0 spiro atoms. The minimum Gasteiger partial charge on any atom is -0.394 e. The number of aliphatic hydroxyl groups excluding tert-OH is 1. The molecule has 15 heavy (non-hydrogen) atoms. The molecule has 1 N–H and O–H groups in total. The number of ether oxygens (including phenoxy) is 1. The van der Waals surface area contributed by atoms with Crippen molar-refractivity contribution < 1.29 is 18.6 Å². The van der Waals surface area contributed by atoms with Crippen molar-refractivity contribution in [2.45, 2.75) is 6.10 Å². The van der Waals surface area contributed by atoms with Gasteiger partial charge in [-0.15, -0.1) is 0 Å². The average Bonchev–Trinajstić information content (AvgIpc) is 2.24. The highest BCUT2D eigenvalue weighted by molar-refractivity contribution is 5.24. The Morgan fingerprint density at radius 2 is 2.13 bits per heavy atom. The molecule has 0 fully saturated rings. The summed E-state index contributed by atoms with van der Waals surface area (Å²) in [7, 11) is 0. The predicted octanol–water partition coefficient (Wildman–Crippen LogP) is 1.54. The van der Waals surface area contributed by atoms with Gasteiger partial charge in [-0.25, -0.2) is 8.78 Å². The maximum Gasteiger partial charge on any atom is 0.169 e. The van der Waals surface area contributed by atoms with Crippen molar-refractivity contribution in [2.24, 2.45) is 0 Å². The largest absolute Gasteiger partial charge is 0.394 e. The molecular weight excluding hydrogens is 204 g/mol. The van der Waals surface area contributed by atoms with E-state index in [1.165, 1.54) is 6.07 Å². The highest BCUT2D eigenvalue weighted by Crippen LogP contribution is 2.18. The van der Waals surface area contributed by atoms with Crippen molar-refractivity contribution in [1.29, 1.82) is 5.26 Å². The molecule has 0 aliphatic rings. The number of nitrogens with zero attached hydrogens (tertiary/aromatic N) is 1. The lowest BCUT2D eigenvalue weighted by atomic mass is 10.1. The third-order valence-corrected chi connectivity index (χ3v) is 1.74. The molecule has 0 aromatic heterocycles. The second-order valence-electron chi connectivity index (χ2n) is 2.78. The number of halogens is 2. The lowest BCUT2D eigenvalue weighted by Crippen LogP contribution is -2.06. The number of hydrogen-bond donors (Lipinski definition) is 1. The average molecular weight is 213 g/mol. The van der Waals surface area contributed by atoms with Crippen LogP contribution in [0, 0.1) is 23.0 Å². The molecule has 0 radical (unpaired) electrons. The number of benzene rings is 1. The van der Waals surface area contributed by atoms with Crippen LogP contribution >= 0.6 is 0 Å². The van der Waals surface area contributed by atoms with Crippen LogP contribution in [0.1, 0.15) is 11.7 Å². The van der Waals surface area contributed by atoms with Crippen molar-refractivity contribution >= 4 is 0 Å². The molecule has 0 amide bonds. The van der Waals surface area contributed by atoms with Gasteiger partial charge < -0.3 is 9.84 Å². The topological polar surface area (TPSA) is 53.2 Å². The van der Waals surface area contributed by atoms with Crippen molar-refractivity contribution in [3.8, 4) is 6.07 Å². The van der Waals surface area contributed by atoms with Crippen molar-refractivity contribution in [1.82, 2.24) is 0 Å². The van der Waals surface area contributed by atoms with E-state index in [0.29, 0.717) is 0 Å². The number of aliphatic hydroxyl groups is 1. The molecular formula is C10H9F2NO2. The molecule has 0 saturated carbocycles. The second-order valence-corrected chi connectivity index (χ2v) is 2.78. The van der Waals surface area contributed by atoms with E-state index in [9.17, 15) is 8.78 Å². The molecule has 0 bridgehead atoms. The SMILES string of the molecule is N#CC(OCCO)c1ccc(F)c(F)c1. The Bertz CT molecular complexity index is 376. The van der Waals surface area contributed by atoms with Gasteiger partial charge in [-0.05, 0) is 17.7 Å². The van der Waals surface area contributed by atoms with Crippen LogP contribution in [-0.2, 0) is 4.74 Å². The lowest BCUT2D eigenvalue weighted by Gasteiger charge is -2.09. The smallest absolute Gasteiger partial charge is 0.169 e. The molecule has 80 valence electrons. The van der Waals surface area contributed by atoms with E-state index in [1.807, 2.05) is 0 Å². The standard InChI is InChI=1S/C10H9F2NO2/c11-8-2-1-7(5-9(8)12)10(6-13)15-4-3-14/h1-2,5,10,14H,3-4H2. The van der Waals surface area contributed by atoms with E-state index in [0.717, 1.165) is 12.1 Å². The molecule has 1 rings (SSSR count). The zero-order valence-electron chi connectivity index (χ0n) is 7.78. The minimum absolute atomic E-state index is 0.0305. The Kier molecular flexibility index (Phi) is 4.16. The maximum absolute atomic E-state index is 12.8. The minimum atomic E-state index is -1.03. The van der Waals surface area contributed by atoms with Gasteiger partial charge in [0.05, 0.1) is 19.3 Å². The fourth-order valence-electron chi connectivity index (χ4n) is 1.05. The van der Waals surface area contributed by atoms with E-state index in [-0.39, 0.29) is 18.8 Å². The molecule has 1 aromatic carbocycles. The van der Waals surface area contributed by atoms with Gasteiger partial charge in [0.25, 0.3) is 0 Å². The zero-order chi connectivity index (χ0) is 11.3. The molecule has 1 unspecified atom stereocenters. The third-order valence-electron chi connectivity index (χ3n) is 1.74. The van der Waals surface area contributed by atoms with E-state index in [1.54, 1.807) is 6.07 Å². The van der Waals surface area contributed by atoms with E-state index < -0.39 is 17.7 Å². The van der Waals surface area contributed by atoms with Gasteiger partial charge in [-0.3, -0.25) is 0 Å². The van der Waals surface area contributed by atoms with Gasteiger partial charge in [0.15, 0.2) is 17.7 Å². The molecule has 0 heterocycles. The van der Waals surface area contributed by atoms with Gasteiger partial charge in [0, 0.05) is 0 Å². The highest BCUT2D eigenvalue weighted by Gasteiger charge is 2.13. The molecule has 0 saturated heterocycles. The highest BCUT2D eigenvalue weighted by atomic mass is 19.2. The quantitative estimate of drug-likeness (QED) is 0.825. The summed E-state index contributed by atoms with van der Waals surface area (Å²) in [6.07, 6.45) is -0.993. The summed E-state index contributed by atoms with van der Waals surface area (Å²) in [4.78, 5) is 0. The van der Waals surface area contributed by atoms with Crippen LogP contribution in [0.3, 0.4) is 0 Å². The van der Waals surface area contributed by atoms with Crippen LogP contribution in [0.5, 0.6) is 0 Å². The summed E-state index contributed by atoms with van der Waals surface area (Å²) in [5.41, 5.74) is 0.227. The lowest BCUT2D eigenvalue weighted by molar-refractivity contribution is 0.0579. The molecule has 1 atom stereocenters. The number of nitriles is 1. The summed E-state index contributed by atoms with van der Waals surface area (Å²) in [5, 5.41) is 17.2. The Hall–Kier alpha value is -1.51. The molecule has 5 heteroatoms. The fraction of sp³-hybridized carbons (Fsp3) is 0.300. The summed E-state index contributed by atoms with van der Waals surface area (Å²) < 4.78 is 30.3. The third kappa shape index (κ3) is 2.98. The van der Waals surface area contributed by atoms with Gasteiger partial charge in [-0.2, -0.15) is 5.26 Å². The van der Waals surface area contributed by atoms with Crippen molar-refractivity contribution in [3.05, 3.63) is 35.4 Å². The van der Waals surface area contributed by atoms with Crippen molar-refractivity contribution in [2.75, 3.05) is 13.2 Å². The van der Waals surface area contributed by atoms with Crippen LogP contribution in [0.25, 0.3) is 0 Å². The first kappa shape index (κ1) is 11.6. The normalized spacial score (nSPS) is 12.1. The zero-order valence-corrected chi connectivity index (χ0v) is 7.78. The molecule has 1 aromatic rings. The summed E-state index contributed by atoms with van der Waals surface area (Å²) in [6.45, 7) is -0.265. The Balaban J connectivity index is 2.84. The van der Waals surface area contributed by atoms with Crippen LogP contribution in [0.15, 0.2) is 18.2 Å². The Morgan fingerprint density at radius 3 is 2.67 bits per heavy atom. The van der Waals surface area contributed by atoms with Crippen LogP contribution in [-0.4, -0.2) is 18.3 Å². The van der Waals surface area contributed by atoms with Gasteiger partial charge in [-0.1, -0.05) is 6.07 Å². The molecule has 0 aliphatic carbocycles. The Morgan fingerprint density at radius 1 is 1.40 bits per heavy atom. The van der Waals surface area contributed by atoms with E-state index in [4.69, 9.17) is 15.1 Å². The van der Waals surface area contributed by atoms with E-state index in [2.05, 4.69) is 0 Å². The van der Waals surface area contributed by atoms with Gasteiger partial charge >= 0.3 is 0 Å². The monoisotopic (exact) mass is 213 g/mol. The fourth-order valence-corrected chi connectivity index (χ4v) is 1.05. The summed E-state index contributed by atoms with van der Waals surface area (Å²) in [6, 6.07) is 4.88. The van der Waals surface area contributed by atoms with Crippen LogP contribution < -0.4 is 0 Å². The predicted molar refractivity (Wildman–Crippen MR) is 47.7 cm³/mol. The first-order valence-electron chi connectivity index (χ1n) is 4.26. The number of rotatable bonds is 4.